The Bertz CT molecular complexity index is 541. The van der Waals surface area contributed by atoms with Crippen molar-refractivity contribution in [2.45, 2.75) is 32.0 Å². The van der Waals surface area contributed by atoms with Gasteiger partial charge in [0.05, 0.1) is 5.69 Å². The van der Waals surface area contributed by atoms with Crippen molar-refractivity contribution in [1.82, 2.24) is 19.9 Å². The molecule has 1 aliphatic carbocycles. The molecule has 0 aliphatic heterocycles. The van der Waals surface area contributed by atoms with E-state index in [2.05, 4.69) is 27.3 Å². The monoisotopic (exact) mass is 257 g/mol. The van der Waals surface area contributed by atoms with Gasteiger partial charge >= 0.3 is 0 Å². The number of rotatable bonds is 5. The third-order valence-electron chi connectivity index (χ3n) is 3.44. The number of benzene rings is 1. The summed E-state index contributed by atoms with van der Waals surface area (Å²) in [4.78, 5) is 2.47. The summed E-state index contributed by atoms with van der Waals surface area (Å²) in [6, 6.07) is 8.81. The zero-order chi connectivity index (χ0) is 13.2. The van der Waals surface area contributed by atoms with Gasteiger partial charge in [-0.3, -0.25) is 9.58 Å². The first-order chi connectivity index (χ1) is 9.20. The summed E-state index contributed by atoms with van der Waals surface area (Å²) in [7, 11) is 1.90. The Hall–Kier alpha value is -1.88. The van der Waals surface area contributed by atoms with E-state index in [4.69, 9.17) is 5.73 Å². The molecule has 1 heterocycles. The van der Waals surface area contributed by atoms with Crippen LogP contribution in [0.2, 0.25) is 0 Å². The van der Waals surface area contributed by atoms with Crippen molar-refractivity contribution in [3.63, 3.8) is 0 Å². The maximum absolute atomic E-state index is 5.72. The van der Waals surface area contributed by atoms with Gasteiger partial charge in [-0.15, -0.1) is 5.10 Å². The zero-order valence-corrected chi connectivity index (χ0v) is 11.2. The molecule has 0 amide bonds. The Morgan fingerprint density at radius 2 is 2.00 bits per heavy atom. The van der Waals surface area contributed by atoms with Gasteiger partial charge in [0.25, 0.3) is 0 Å². The molecule has 5 nitrogen and oxygen atoms in total. The largest absolute Gasteiger partial charge is 0.399 e. The summed E-state index contributed by atoms with van der Waals surface area (Å²) in [5, 5.41) is 8.16. The van der Waals surface area contributed by atoms with Gasteiger partial charge in [-0.05, 0) is 30.5 Å². The van der Waals surface area contributed by atoms with E-state index in [-0.39, 0.29) is 0 Å². The molecule has 1 saturated carbocycles. The highest BCUT2D eigenvalue weighted by atomic mass is 15.4. The van der Waals surface area contributed by atoms with Gasteiger partial charge in [0.1, 0.15) is 0 Å². The van der Waals surface area contributed by atoms with Crippen LogP contribution >= 0.6 is 0 Å². The molecule has 100 valence electrons. The minimum absolute atomic E-state index is 0.694. The van der Waals surface area contributed by atoms with Crippen LogP contribution in [-0.2, 0) is 20.1 Å². The maximum Gasteiger partial charge on any atom is 0.0967 e. The Labute approximate surface area is 113 Å². The lowest BCUT2D eigenvalue weighted by Crippen LogP contribution is -2.25. The lowest BCUT2D eigenvalue weighted by atomic mass is 10.2. The topological polar surface area (TPSA) is 60.0 Å². The van der Waals surface area contributed by atoms with Gasteiger partial charge in [-0.2, -0.15) is 0 Å². The predicted octanol–water partition coefficient (Wildman–Crippen LogP) is 1.56. The lowest BCUT2D eigenvalue weighted by molar-refractivity contribution is 0.242. The number of aromatic nitrogens is 3. The van der Waals surface area contributed by atoms with Crippen LogP contribution in [0.4, 0.5) is 5.69 Å². The van der Waals surface area contributed by atoms with Crippen LogP contribution < -0.4 is 5.73 Å². The number of nitrogens with zero attached hydrogens (tertiary/aromatic N) is 4. The van der Waals surface area contributed by atoms with E-state index in [1.54, 1.807) is 4.68 Å². The molecule has 3 rings (SSSR count). The third-order valence-corrected chi connectivity index (χ3v) is 3.44. The number of nitrogen functional groups attached to an aromatic ring is 1. The van der Waals surface area contributed by atoms with Crippen LogP contribution in [0.3, 0.4) is 0 Å². The molecule has 2 N–H and O–H groups in total. The number of hydrogen-bond acceptors (Lipinski definition) is 4. The molecule has 5 heteroatoms. The second-order valence-corrected chi connectivity index (χ2v) is 5.26. The Morgan fingerprint density at radius 1 is 1.26 bits per heavy atom. The molecule has 0 unspecified atom stereocenters. The second kappa shape index (κ2) is 5.01. The van der Waals surface area contributed by atoms with Gasteiger partial charge in [0, 0.05) is 38.1 Å². The summed E-state index contributed by atoms with van der Waals surface area (Å²) in [6.45, 7) is 1.81. The summed E-state index contributed by atoms with van der Waals surface area (Å²) in [5.74, 6) is 0. The van der Waals surface area contributed by atoms with Crippen LogP contribution in [0.25, 0.3) is 0 Å². The van der Waals surface area contributed by atoms with Crippen molar-refractivity contribution in [2.75, 3.05) is 5.73 Å². The van der Waals surface area contributed by atoms with Crippen LogP contribution in [0.1, 0.15) is 24.1 Å². The maximum atomic E-state index is 5.72. The van der Waals surface area contributed by atoms with Gasteiger partial charge in [-0.25, -0.2) is 0 Å². The number of aryl methyl sites for hydroxylation is 1. The molecule has 1 aromatic carbocycles. The van der Waals surface area contributed by atoms with E-state index in [9.17, 15) is 0 Å². The van der Waals surface area contributed by atoms with E-state index in [1.165, 1.54) is 18.4 Å². The van der Waals surface area contributed by atoms with Crippen molar-refractivity contribution < 1.29 is 0 Å². The fourth-order valence-corrected chi connectivity index (χ4v) is 2.29. The van der Waals surface area contributed by atoms with E-state index in [0.717, 1.165) is 24.5 Å². The average Bonchev–Trinajstić information content (AvgIpc) is 3.16. The van der Waals surface area contributed by atoms with Crippen molar-refractivity contribution in [2.24, 2.45) is 7.05 Å². The Kier molecular flexibility index (Phi) is 3.21. The number of hydrogen-bond donors (Lipinski definition) is 1. The molecular weight excluding hydrogens is 238 g/mol. The second-order valence-electron chi connectivity index (χ2n) is 5.26. The lowest BCUT2D eigenvalue weighted by Gasteiger charge is -2.20. The highest BCUT2D eigenvalue weighted by Crippen LogP contribution is 2.29. The predicted molar refractivity (Wildman–Crippen MR) is 74.1 cm³/mol. The van der Waals surface area contributed by atoms with E-state index < -0.39 is 0 Å². The minimum Gasteiger partial charge on any atom is -0.399 e. The van der Waals surface area contributed by atoms with Gasteiger partial charge in [0.2, 0.25) is 0 Å². The van der Waals surface area contributed by atoms with E-state index in [1.807, 2.05) is 25.4 Å². The smallest absolute Gasteiger partial charge is 0.0967 e. The fourth-order valence-electron chi connectivity index (χ4n) is 2.29. The molecule has 0 atom stereocenters. The molecule has 1 fully saturated rings. The molecule has 1 aliphatic rings. The molecule has 0 spiro atoms. The van der Waals surface area contributed by atoms with Gasteiger partial charge in [-0.1, -0.05) is 17.3 Å². The molecule has 0 bridgehead atoms. The summed E-state index contributed by atoms with van der Waals surface area (Å²) >= 11 is 0. The first kappa shape index (κ1) is 12.2. The molecule has 0 radical (unpaired) electrons. The SMILES string of the molecule is Cn1cc(CN(Cc2ccc(N)cc2)C2CC2)nn1. The molecular formula is C14H19N5. The summed E-state index contributed by atoms with van der Waals surface area (Å²) in [5.41, 5.74) is 8.87. The summed E-state index contributed by atoms with van der Waals surface area (Å²) < 4.78 is 1.75. The first-order valence-corrected chi connectivity index (χ1v) is 6.64. The Balaban J connectivity index is 1.69. The third kappa shape index (κ3) is 3.12. The molecule has 2 aromatic rings. The van der Waals surface area contributed by atoms with E-state index in [0.29, 0.717) is 6.04 Å². The highest BCUT2D eigenvalue weighted by molar-refractivity contribution is 5.39. The van der Waals surface area contributed by atoms with Crippen molar-refractivity contribution in [3.05, 3.63) is 41.7 Å². The normalized spacial score (nSPS) is 15.1. The van der Waals surface area contributed by atoms with Crippen LogP contribution in [-0.4, -0.2) is 25.9 Å². The van der Waals surface area contributed by atoms with Gasteiger partial charge < -0.3 is 5.73 Å². The average molecular weight is 257 g/mol. The number of anilines is 1. The minimum atomic E-state index is 0.694. The molecule has 0 saturated heterocycles. The standard InChI is InChI=1S/C14H19N5/c1-18-9-13(16-17-18)10-19(14-6-7-14)8-11-2-4-12(15)5-3-11/h2-5,9,14H,6-8,10,15H2,1H3. The van der Waals surface area contributed by atoms with Crippen LogP contribution in [0.15, 0.2) is 30.5 Å². The van der Waals surface area contributed by atoms with Crippen molar-refractivity contribution in [1.29, 1.82) is 0 Å². The van der Waals surface area contributed by atoms with Crippen molar-refractivity contribution in [3.8, 4) is 0 Å². The van der Waals surface area contributed by atoms with Crippen LogP contribution in [0.5, 0.6) is 0 Å². The highest BCUT2D eigenvalue weighted by Gasteiger charge is 2.29. The molecule has 19 heavy (non-hydrogen) atoms. The zero-order valence-electron chi connectivity index (χ0n) is 11.2. The summed E-state index contributed by atoms with van der Waals surface area (Å²) in [6.07, 6.45) is 4.56. The first-order valence-electron chi connectivity index (χ1n) is 6.64. The van der Waals surface area contributed by atoms with E-state index >= 15 is 0 Å². The quantitative estimate of drug-likeness (QED) is 0.826. The van der Waals surface area contributed by atoms with Crippen LogP contribution in [0, 0.1) is 0 Å². The molecule has 1 aromatic heterocycles. The van der Waals surface area contributed by atoms with Gasteiger partial charge in [0.15, 0.2) is 0 Å². The number of nitrogens with two attached hydrogens (primary N) is 1. The Morgan fingerprint density at radius 3 is 2.58 bits per heavy atom. The fraction of sp³-hybridized carbons (Fsp3) is 0.429. The van der Waals surface area contributed by atoms with Crippen molar-refractivity contribution >= 4 is 5.69 Å².